The number of halogens is 2. The molecule has 0 aromatic heterocycles. The normalized spacial score (nSPS) is 23.2. The van der Waals surface area contributed by atoms with Crippen LogP contribution >= 0.6 is 0 Å². The van der Waals surface area contributed by atoms with Crippen molar-refractivity contribution < 1.29 is 32.6 Å². The van der Waals surface area contributed by atoms with Crippen LogP contribution < -0.4 is 15.5 Å². The largest absolute Gasteiger partial charge is 0.444 e. The lowest BCUT2D eigenvalue weighted by atomic mass is 9.98. The van der Waals surface area contributed by atoms with Crippen LogP contribution in [0.2, 0.25) is 0 Å². The van der Waals surface area contributed by atoms with Gasteiger partial charge in [0.1, 0.15) is 6.10 Å². The third-order valence-corrected chi connectivity index (χ3v) is 5.43. The number of carbonyl (C=O) groups is 2. The van der Waals surface area contributed by atoms with E-state index < -0.39 is 36.4 Å². The molecule has 0 radical (unpaired) electrons. The number of primary amides is 1. The van der Waals surface area contributed by atoms with Gasteiger partial charge in [0.05, 0.1) is 13.1 Å². The summed E-state index contributed by atoms with van der Waals surface area (Å²) >= 11 is 0. The second kappa shape index (κ2) is 8.11. The average molecular weight is 413 g/mol. The Hall–Kier alpha value is -2.46. The summed E-state index contributed by atoms with van der Waals surface area (Å²) in [5.41, 5.74) is 6.32. The summed E-state index contributed by atoms with van der Waals surface area (Å²) in [6, 6.07) is 6.73. The number of benzene rings is 1. The first-order valence-electron chi connectivity index (χ1n) is 9.31. The zero-order valence-corrected chi connectivity index (χ0v) is 16.4. The van der Waals surface area contributed by atoms with Crippen LogP contribution in [-0.4, -0.2) is 63.7 Å². The summed E-state index contributed by atoms with van der Waals surface area (Å²) in [5, 5.41) is 0. The van der Waals surface area contributed by atoms with Gasteiger partial charge in [0.15, 0.2) is 0 Å². The molecule has 8 nitrogen and oxygen atoms in total. The molecule has 29 heavy (non-hydrogen) atoms. The van der Waals surface area contributed by atoms with E-state index in [0.717, 1.165) is 0 Å². The summed E-state index contributed by atoms with van der Waals surface area (Å²) in [6.07, 6.45) is -0.417. The van der Waals surface area contributed by atoms with Crippen LogP contribution in [0.25, 0.3) is 0 Å². The minimum atomic E-state index is -3.19. The van der Waals surface area contributed by atoms with Crippen LogP contribution in [-0.2, 0) is 19.0 Å². The van der Waals surface area contributed by atoms with Gasteiger partial charge in [-0.3, -0.25) is 9.69 Å². The number of hydrogen-bond donors (Lipinski definition) is 1. The quantitative estimate of drug-likeness (QED) is 0.688. The second-order valence-corrected chi connectivity index (χ2v) is 7.17. The maximum atomic E-state index is 14.6. The van der Waals surface area contributed by atoms with Crippen molar-refractivity contribution in [3.63, 3.8) is 0 Å². The highest BCUT2D eigenvalue weighted by Gasteiger charge is 2.58. The Morgan fingerprint density at radius 3 is 2.41 bits per heavy atom. The van der Waals surface area contributed by atoms with Crippen molar-refractivity contribution in [2.24, 2.45) is 5.73 Å². The topological polar surface area (TPSA) is 94.3 Å². The molecule has 1 aromatic rings. The summed E-state index contributed by atoms with van der Waals surface area (Å²) in [4.78, 5) is 26.0. The lowest BCUT2D eigenvalue weighted by molar-refractivity contribution is -0.324. The van der Waals surface area contributed by atoms with Crippen molar-refractivity contribution in [3.05, 3.63) is 24.3 Å². The summed E-state index contributed by atoms with van der Waals surface area (Å²) < 4.78 is 44.4. The highest BCUT2D eigenvalue weighted by molar-refractivity contribution is 5.90. The molecule has 0 spiro atoms. The standard InChI is InChI=1S/C19H25F2N3O5/c1-27-19(28-2)9-10-23(12-18(19,20)21)13-3-5-14(6-4-13)24-11-15(29-17(24)26)7-8-16(22)25/h3-6,15H,7-12H2,1-2H3,(H2,22,25). The minimum Gasteiger partial charge on any atom is -0.444 e. The fourth-order valence-electron chi connectivity index (χ4n) is 3.74. The van der Waals surface area contributed by atoms with Gasteiger partial charge >= 0.3 is 12.0 Å². The SMILES string of the molecule is COC1(OC)CCN(c2ccc(N3CC(CCC(N)=O)OC3=O)cc2)CC1(F)F. The van der Waals surface area contributed by atoms with Gasteiger partial charge in [0.25, 0.3) is 0 Å². The van der Waals surface area contributed by atoms with Gasteiger partial charge in [-0.2, -0.15) is 8.78 Å². The molecular weight excluding hydrogens is 388 g/mol. The van der Waals surface area contributed by atoms with Gasteiger partial charge < -0.3 is 24.8 Å². The number of ether oxygens (including phenoxy) is 3. The Labute approximate surface area is 167 Å². The number of nitrogens with two attached hydrogens (primary N) is 1. The van der Waals surface area contributed by atoms with Gasteiger partial charge in [0, 0.05) is 45.0 Å². The van der Waals surface area contributed by atoms with Crippen LogP contribution in [0.3, 0.4) is 0 Å². The molecule has 2 amide bonds. The van der Waals surface area contributed by atoms with Crippen LogP contribution in [0.15, 0.2) is 24.3 Å². The van der Waals surface area contributed by atoms with E-state index >= 15 is 0 Å². The first-order valence-corrected chi connectivity index (χ1v) is 9.31. The number of carbonyl (C=O) groups excluding carboxylic acids is 2. The van der Waals surface area contributed by atoms with Crippen LogP contribution in [0.1, 0.15) is 19.3 Å². The van der Waals surface area contributed by atoms with Crippen LogP contribution in [0.5, 0.6) is 0 Å². The molecule has 2 heterocycles. The van der Waals surface area contributed by atoms with Crippen molar-refractivity contribution >= 4 is 23.4 Å². The zero-order chi connectivity index (χ0) is 21.2. The Balaban J connectivity index is 1.67. The molecule has 2 aliphatic rings. The number of rotatable bonds is 7. The number of anilines is 2. The number of piperidine rings is 1. The summed E-state index contributed by atoms with van der Waals surface area (Å²) in [6.45, 7) is 0.0873. The fraction of sp³-hybridized carbons (Fsp3) is 0.579. The first-order chi connectivity index (χ1) is 13.7. The van der Waals surface area contributed by atoms with Crippen molar-refractivity contribution in [1.82, 2.24) is 0 Å². The van der Waals surface area contributed by atoms with Crippen molar-refractivity contribution in [3.8, 4) is 0 Å². The summed E-state index contributed by atoms with van der Waals surface area (Å²) in [7, 11) is 2.43. The molecular formula is C19H25F2N3O5. The number of hydrogen-bond acceptors (Lipinski definition) is 6. The van der Waals surface area contributed by atoms with E-state index in [1.54, 1.807) is 29.2 Å². The fourth-order valence-corrected chi connectivity index (χ4v) is 3.74. The maximum Gasteiger partial charge on any atom is 0.414 e. The molecule has 0 saturated carbocycles. The molecule has 2 saturated heterocycles. The van der Waals surface area contributed by atoms with Gasteiger partial charge in [-0.15, -0.1) is 0 Å². The number of cyclic esters (lactones) is 1. The highest BCUT2D eigenvalue weighted by Crippen LogP contribution is 2.41. The van der Waals surface area contributed by atoms with E-state index in [9.17, 15) is 18.4 Å². The number of methoxy groups -OCH3 is 2. The van der Waals surface area contributed by atoms with Gasteiger partial charge in [0.2, 0.25) is 11.7 Å². The highest BCUT2D eigenvalue weighted by atomic mass is 19.3. The predicted octanol–water partition coefficient (Wildman–Crippen LogP) is 2.11. The van der Waals surface area contributed by atoms with E-state index in [0.29, 0.717) is 30.9 Å². The molecule has 160 valence electrons. The van der Waals surface area contributed by atoms with E-state index in [-0.39, 0.29) is 12.8 Å². The van der Waals surface area contributed by atoms with Crippen LogP contribution in [0, 0.1) is 0 Å². The van der Waals surface area contributed by atoms with E-state index in [4.69, 9.17) is 19.9 Å². The van der Waals surface area contributed by atoms with Gasteiger partial charge in [-0.1, -0.05) is 0 Å². The number of nitrogens with zero attached hydrogens (tertiary/aromatic N) is 2. The average Bonchev–Trinajstić information content (AvgIpc) is 3.07. The molecule has 0 aliphatic carbocycles. The summed E-state index contributed by atoms with van der Waals surface area (Å²) in [5.74, 6) is -5.57. The Bertz CT molecular complexity index is 755. The van der Waals surface area contributed by atoms with Gasteiger partial charge in [-0.05, 0) is 30.7 Å². The molecule has 2 fully saturated rings. The lowest BCUT2D eigenvalue weighted by Gasteiger charge is -2.45. The third-order valence-electron chi connectivity index (χ3n) is 5.43. The Kier molecular flexibility index (Phi) is 5.95. The predicted molar refractivity (Wildman–Crippen MR) is 101 cm³/mol. The molecule has 2 aliphatic heterocycles. The molecule has 1 atom stereocenters. The van der Waals surface area contributed by atoms with E-state index in [2.05, 4.69) is 0 Å². The van der Waals surface area contributed by atoms with E-state index in [1.807, 2.05) is 0 Å². The molecule has 1 aromatic carbocycles. The molecule has 1 unspecified atom stereocenters. The van der Waals surface area contributed by atoms with Crippen molar-refractivity contribution in [2.75, 3.05) is 43.7 Å². The smallest absolute Gasteiger partial charge is 0.414 e. The Morgan fingerprint density at radius 1 is 1.24 bits per heavy atom. The van der Waals surface area contributed by atoms with Crippen molar-refractivity contribution in [1.29, 1.82) is 0 Å². The first kappa shape index (κ1) is 21.3. The third kappa shape index (κ3) is 4.13. The lowest BCUT2D eigenvalue weighted by Crippen LogP contribution is -2.62. The van der Waals surface area contributed by atoms with Crippen molar-refractivity contribution in [2.45, 2.75) is 37.1 Å². The minimum absolute atomic E-state index is 0.00868. The Morgan fingerprint density at radius 2 is 1.86 bits per heavy atom. The number of amides is 2. The molecule has 0 bridgehead atoms. The molecule has 10 heteroatoms. The number of alkyl halides is 2. The second-order valence-electron chi connectivity index (χ2n) is 7.17. The monoisotopic (exact) mass is 413 g/mol. The van der Waals surface area contributed by atoms with Gasteiger partial charge in [-0.25, -0.2) is 4.79 Å². The van der Waals surface area contributed by atoms with E-state index in [1.165, 1.54) is 19.1 Å². The van der Waals surface area contributed by atoms with Crippen LogP contribution in [0.4, 0.5) is 25.0 Å². The zero-order valence-electron chi connectivity index (χ0n) is 16.4. The maximum absolute atomic E-state index is 14.6. The molecule has 2 N–H and O–H groups in total. The molecule has 3 rings (SSSR count).